The zero-order valence-electron chi connectivity index (χ0n) is 10.4. The molecule has 0 bridgehead atoms. The predicted molar refractivity (Wildman–Crippen MR) is 75.1 cm³/mol. The number of nitrogen functional groups attached to an aromatic ring is 1. The minimum Gasteiger partial charge on any atom is -0.382 e. The molecule has 1 unspecified atom stereocenters. The van der Waals surface area contributed by atoms with E-state index >= 15 is 0 Å². The summed E-state index contributed by atoms with van der Waals surface area (Å²) in [4.78, 5) is 13.5. The molecule has 0 saturated heterocycles. The fourth-order valence-electron chi connectivity index (χ4n) is 1.70. The van der Waals surface area contributed by atoms with Crippen LogP contribution in [-0.2, 0) is 0 Å². The van der Waals surface area contributed by atoms with Gasteiger partial charge in [-0.15, -0.1) is 11.3 Å². The van der Waals surface area contributed by atoms with E-state index in [0.717, 1.165) is 10.7 Å². The van der Waals surface area contributed by atoms with Gasteiger partial charge in [0.25, 0.3) is 0 Å². The number of halogens is 1. The average Bonchev–Trinajstić information content (AvgIpc) is 2.64. The van der Waals surface area contributed by atoms with Crippen LogP contribution >= 0.6 is 22.9 Å². The topological polar surface area (TPSA) is 76.7 Å². The predicted octanol–water partition coefficient (Wildman–Crippen LogP) is 2.96. The monoisotopic (exact) mass is 283 g/mol. The van der Waals surface area contributed by atoms with Crippen LogP contribution in [0, 0.1) is 13.8 Å². The first-order chi connectivity index (χ1) is 8.49. The van der Waals surface area contributed by atoms with Crippen molar-refractivity contribution in [1.82, 2.24) is 15.0 Å². The molecule has 2 aromatic heterocycles. The number of hydrogen-bond acceptors (Lipinski definition) is 6. The van der Waals surface area contributed by atoms with Gasteiger partial charge in [-0.3, -0.25) is 0 Å². The van der Waals surface area contributed by atoms with E-state index in [9.17, 15) is 0 Å². The van der Waals surface area contributed by atoms with Gasteiger partial charge >= 0.3 is 0 Å². The van der Waals surface area contributed by atoms with Crippen molar-refractivity contribution in [3.63, 3.8) is 0 Å². The fraction of sp³-hybridized carbons (Fsp3) is 0.364. The third kappa shape index (κ3) is 2.54. The summed E-state index contributed by atoms with van der Waals surface area (Å²) in [6, 6.07) is 0.0722. The number of nitrogens with zero attached hydrogens (tertiary/aromatic N) is 3. The number of aryl methyl sites for hydroxylation is 2. The van der Waals surface area contributed by atoms with Crippen LogP contribution < -0.4 is 11.1 Å². The van der Waals surface area contributed by atoms with E-state index in [4.69, 9.17) is 17.3 Å². The van der Waals surface area contributed by atoms with E-state index in [1.165, 1.54) is 11.2 Å². The van der Waals surface area contributed by atoms with Crippen molar-refractivity contribution in [3.05, 3.63) is 26.9 Å². The van der Waals surface area contributed by atoms with Gasteiger partial charge in [-0.05, 0) is 20.8 Å². The first kappa shape index (κ1) is 13.0. The molecule has 2 heterocycles. The zero-order valence-corrected chi connectivity index (χ0v) is 11.9. The highest BCUT2D eigenvalue weighted by Gasteiger charge is 2.15. The van der Waals surface area contributed by atoms with Gasteiger partial charge in [0.05, 0.1) is 16.7 Å². The lowest BCUT2D eigenvalue weighted by atomic mass is 10.2. The zero-order chi connectivity index (χ0) is 13.3. The van der Waals surface area contributed by atoms with E-state index in [-0.39, 0.29) is 11.9 Å². The fourth-order valence-corrected chi connectivity index (χ4v) is 2.79. The first-order valence-corrected chi connectivity index (χ1v) is 6.65. The van der Waals surface area contributed by atoms with Crippen molar-refractivity contribution in [2.45, 2.75) is 26.8 Å². The summed E-state index contributed by atoms with van der Waals surface area (Å²) in [5, 5.41) is 4.62. The Kier molecular flexibility index (Phi) is 3.68. The number of anilines is 2. The Morgan fingerprint density at radius 1 is 1.39 bits per heavy atom. The highest BCUT2D eigenvalue weighted by atomic mass is 35.5. The minimum atomic E-state index is 0.0722. The maximum absolute atomic E-state index is 6.05. The summed E-state index contributed by atoms with van der Waals surface area (Å²) in [7, 11) is 0. The third-order valence-electron chi connectivity index (χ3n) is 2.50. The van der Waals surface area contributed by atoms with Gasteiger partial charge in [0.2, 0.25) is 0 Å². The van der Waals surface area contributed by atoms with E-state index in [0.29, 0.717) is 10.8 Å². The second-order valence-corrected chi connectivity index (χ2v) is 5.58. The summed E-state index contributed by atoms with van der Waals surface area (Å²) in [5.41, 5.74) is 6.66. The van der Waals surface area contributed by atoms with Crippen LogP contribution in [0.2, 0.25) is 5.02 Å². The van der Waals surface area contributed by atoms with Gasteiger partial charge in [0.1, 0.15) is 17.2 Å². The standard InChI is InChI=1S/C11H14ClN5S/c1-5-9(18-7(3)16-5)6(2)17-11-8(12)10(13)14-4-15-11/h4,6H,1-3H3,(H3,13,14,15,17). The Bertz CT molecular complexity index is 569. The molecule has 0 radical (unpaired) electrons. The summed E-state index contributed by atoms with van der Waals surface area (Å²) in [6.07, 6.45) is 1.39. The van der Waals surface area contributed by atoms with Crippen molar-refractivity contribution >= 4 is 34.6 Å². The molecule has 1 atom stereocenters. The van der Waals surface area contributed by atoms with E-state index < -0.39 is 0 Å². The lowest BCUT2D eigenvalue weighted by Gasteiger charge is -2.14. The molecule has 0 fully saturated rings. The number of nitrogens with one attached hydrogen (secondary N) is 1. The third-order valence-corrected chi connectivity index (χ3v) is 4.13. The maximum atomic E-state index is 6.05. The normalized spacial score (nSPS) is 12.4. The number of hydrogen-bond donors (Lipinski definition) is 2. The van der Waals surface area contributed by atoms with Crippen LogP contribution in [0.25, 0.3) is 0 Å². The summed E-state index contributed by atoms with van der Waals surface area (Å²) < 4.78 is 0. The van der Waals surface area contributed by atoms with Crippen molar-refractivity contribution < 1.29 is 0 Å². The van der Waals surface area contributed by atoms with Gasteiger partial charge in [-0.2, -0.15) is 0 Å². The van der Waals surface area contributed by atoms with Crippen LogP contribution in [0.15, 0.2) is 6.33 Å². The van der Waals surface area contributed by atoms with Crippen LogP contribution in [0.4, 0.5) is 11.6 Å². The van der Waals surface area contributed by atoms with E-state index in [2.05, 4.69) is 20.3 Å². The largest absolute Gasteiger partial charge is 0.382 e. The second-order valence-electron chi connectivity index (χ2n) is 3.97. The summed E-state index contributed by atoms with van der Waals surface area (Å²) >= 11 is 7.71. The smallest absolute Gasteiger partial charge is 0.150 e. The molecule has 18 heavy (non-hydrogen) atoms. The van der Waals surface area contributed by atoms with E-state index in [1.54, 1.807) is 11.3 Å². The lowest BCUT2D eigenvalue weighted by molar-refractivity contribution is 0.877. The molecule has 2 aromatic rings. The Balaban J connectivity index is 2.24. The number of rotatable bonds is 3. The van der Waals surface area contributed by atoms with Crippen LogP contribution in [0.3, 0.4) is 0 Å². The van der Waals surface area contributed by atoms with Crippen molar-refractivity contribution in [2.75, 3.05) is 11.1 Å². The molecule has 2 rings (SSSR count). The SMILES string of the molecule is Cc1nc(C)c(C(C)Nc2ncnc(N)c2Cl)s1. The lowest BCUT2D eigenvalue weighted by Crippen LogP contribution is -2.09. The van der Waals surface area contributed by atoms with Crippen LogP contribution in [0.1, 0.15) is 28.5 Å². The minimum absolute atomic E-state index is 0.0722. The van der Waals surface area contributed by atoms with Crippen LogP contribution in [0.5, 0.6) is 0 Å². The molecule has 0 aromatic carbocycles. The number of aromatic nitrogens is 3. The number of nitrogens with two attached hydrogens (primary N) is 1. The van der Waals surface area contributed by atoms with Crippen molar-refractivity contribution in [3.8, 4) is 0 Å². The van der Waals surface area contributed by atoms with Gasteiger partial charge < -0.3 is 11.1 Å². The molecular formula is C11H14ClN5S. The molecule has 0 spiro atoms. The molecule has 0 aliphatic carbocycles. The van der Waals surface area contributed by atoms with Gasteiger partial charge in [0.15, 0.2) is 5.82 Å². The van der Waals surface area contributed by atoms with Crippen molar-refractivity contribution in [2.24, 2.45) is 0 Å². The quantitative estimate of drug-likeness (QED) is 0.905. The Morgan fingerprint density at radius 2 is 2.11 bits per heavy atom. The number of thiazole rings is 1. The Labute approximate surface area is 114 Å². The molecule has 0 aliphatic heterocycles. The maximum Gasteiger partial charge on any atom is 0.150 e. The van der Waals surface area contributed by atoms with Crippen molar-refractivity contribution in [1.29, 1.82) is 0 Å². The van der Waals surface area contributed by atoms with Gasteiger partial charge in [-0.1, -0.05) is 11.6 Å². The second kappa shape index (κ2) is 5.07. The molecule has 0 saturated carbocycles. The van der Waals surface area contributed by atoms with E-state index in [1.807, 2.05) is 20.8 Å². The molecule has 0 amide bonds. The summed E-state index contributed by atoms with van der Waals surface area (Å²) in [5.74, 6) is 0.820. The van der Waals surface area contributed by atoms with Gasteiger partial charge in [-0.25, -0.2) is 15.0 Å². The Hall–Kier alpha value is -1.40. The molecule has 7 heteroatoms. The summed E-state index contributed by atoms with van der Waals surface area (Å²) in [6.45, 7) is 6.02. The Morgan fingerprint density at radius 3 is 2.72 bits per heavy atom. The highest BCUT2D eigenvalue weighted by Crippen LogP contribution is 2.30. The highest BCUT2D eigenvalue weighted by molar-refractivity contribution is 7.11. The molecular weight excluding hydrogens is 270 g/mol. The molecule has 5 nitrogen and oxygen atoms in total. The molecule has 3 N–H and O–H groups in total. The molecule has 0 aliphatic rings. The first-order valence-electron chi connectivity index (χ1n) is 5.45. The average molecular weight is 284 g/mol. The van der Waals surface area contributed by atoms with Gasteiger partial charge in [0, 0.05) is 4.88 Å². The van der Waals surface area contributed by atoms with Crippen LogP contribution in [-0.4, -0.2) is 15.0 Å². The molecule has 96 valence electrons.